The van der Waals surface area contributed by atoms with Crippen molar-refractivity contribution in [2.45, 2.75) is 31.2 Å². The quantitative estimate of drug-likeness (QED) is 0.789. The van der Waals surface area contributed by atoms with Crippen LogP contribution >= 0.6 is 11.8 Å². The maximum absolute atomic E-state index is 12.3. The summed E-state index contributed by atoms with van der Waals surface area (Å²) >= 11 is 1.04. The standard InChI is InChI=1S/C13H17F3N2O2S/c1-8(2)10(19)6-17-11(20)7-21-12-4-3-9(5-18-12)13(14,15)16/h3-5,8,10,19H,6-7H2,1-2H3,(H,17,20). The third-order valence-corrected chi connectivity index (χ3v) is 3.64. The van der Waals surface area contributed by atoms with E-state index in [2.05, 4.69) is 10.3 Å². The highest BCUT2D eigenvalue weighted by molar-refractivity contribution is 7.99. The molecular weight excluding hydrogens is 305 g/mol. The van der Waals surface area contributed by atoms with Gasteiger partial charge in [0.25, 0.3) is 0 Å². The fourth-order valence-electron chi connectivity index (χ4n) is 1.28. The Morgan fingerprint density at radius 1 is 1.43 bits per heavy atom. The number of nitrogens with one attached hydrogen (secondary N) is 1. The monoisotopic (exact) mass is 322 g/mol. The second-order valence-electron chi connectivity index (χ2n) is 4.79. The number of halogens is 3. The van der Waals surface area contributed by atoms with E-state index in [-0.39, 0.29) is 24.1 Å². The van der Waals surface area contributed by atoms with E-state index in [0.29, 0.717) is 5.03 Å². The fraction of sp³-hybridized carbons (Fsp3) is 0.538. The minimum atomic E-state index is -4.42. The number of aliphatic hydroxyl groups excluding tert-OH is 1. The number of aliphatic hydroxyl groups is 1. The smallest absolute Gasteiger partial charge is 0.391 e. The molecule has 0 saturated heterocycles. The minimum absolute atomic E-state index is 0.0309. The summed E-state index contributed by atoms with van der Waals surface area (Å²) in [6.07, 6.45) is -4.30. The van der Waals surface area contributed by atoms with E-state index in [1.807, 2.05) is 13.8 Å². The second kappa shape index (κ2) is 7.65. The Morgan fingerprint density at radius 2 is 2.10 bits per heavy atom. The average molecular weight is 322 g/mol. The van der Waals surface area contributed by atoms with Gasteiger partial charge in [0.1, 0.15) is 0 Å². The van der Waals surface area contributed by atoms with E-state index in [9.17, 15) is 23.1 Å². The van der Waals surface area contributed by atoms with Crippen LogP contribution in [0.2, 0.25) is 0 Å². The normalized spacial score (nSPS) is 13.3. The van der Waals surface area contributed by atoms with Crippen molar-refractivity contribution < 1.29 is 23.1 Å². The number of aromatic nitrogens is 1. The first-order valence-corrected chi connectivity index (χ1v) is 7.29. The Hall–Kier alpha value is -1.28. The van der Waals surface area contributed by atoms with Crippen molar-refractivity contribution in [1.82, 2.24) is 10.3 Å². The maximum atomic E-state index is 12.3. The molecule has 1 heterocycles. The molecule has 1 unspecified atom stereocenters. The van der Waals surface area contributed by atoms with Gasteiger partial charge in [-0.1, -0.05) is 25.6 Å². The highest BCUT2D eigenvalue weighted by Gasteiger charge is 2.30. The first kappa shape index (κ1) is 17.8. The largest absolute Gasteiger partial charge is 0.417 e. The molecule has 2 N–H and O–H groups in total. The number of carbonyl (C=O) groups excluding carboxylic acids is 1. The van der Waals surface area contributed by atoms with Crippen molar-refractivity contribution in [3.8, 4) is 0 Å². The van der Waals surface area contributed by atoms with Crippen molar-refractivity contribution in [2.75, 3.05) is 12.3 Å². The highest BCUT2D eigenvalue weighted by Crippen LogP contribution is 2.29. The molecule has 4 nitrogen and oxygen atoms in total. The van der Waals surface area contributed by atoms with Crippen LogP contribution in [0, 0.1) is 5.92 Å². The second-order valence-corrected chi connectivity index (χ2v) is 5.78. The van der Waals surface area contributed by atoms with Crippen molar-refractivity contribution in [2.24, 2.45) is 5.92 Å². The van der Waals surface area contributed by atoms with E-state index in [1.165, 1.54) is 6.07 Å². The summed E-state index contributed by atoms with van der Waals surface area (Å²) in [4.78, 5) is 15.2. The van der Waals surface area contributed by atoms with Crippen LogP contribution in [0.25, 0.3) is 0 Å². The topological polar surface area (TPSA) is 62.2 Å². The lowest BCUT2D eigenvalue weighted by Gasteiger charge is -2.14. The number of amides is 1. The molecule has 0 aliphatic carbocycles. The van der Waals surface area contributed by atoms with Gasteiger partial charge in [-0.15, -0.1) is 0 Å². The molecule has 0 aliphatic rings. The Kier molecular flexibility index (Phi) is 6.47. The Labute approximate surface area is 125 Å². The molecule has 0 bridgehead atoms. The zero-order chi connectivity index (χ0) is 16.0. The molecule has 0 spiro atoms. The van der Waals surface area contributed by atoms with Crippen molar-refractivity contribution >= 4 is 17.7 Å². The summed E-state index contributed by atoms with van der Waals surface area (Å²) in [5.41, 5.74) is -0.823. The van der Waals surface area contributed by atoms with Crippen molar-refractivity contribution in [3.05, 3.63) is 23.9 Å². The maximum Gasteiger partial charge on any atom is 0.417 e. The van der Waals surface area contributed by atoms with E-state index in [4.69, 9.17) is 0 Å². The number of carbonyl (C=O) groups is 1. The first-order chi connectivity index (χ1) is 9.70. The summed E-state index contributed by atoms with van der Waals surface area (Å²) in [6.45, 7) is 3.81. The van der Waals surface area contributed by atoms with E-state index in [0.717, 1.165) is 24.0 Å². The SMILES string of the molecule is CC(C)C(O)CNC(=O)CSc1ccc(C(F)(F)F)cn1. The molecule has 0 aliphatic heterocycles. The number of nitrogens with zero attached hydrogens (tertiary/aromatic N) is 1. The van der Waals surface area contributed by atoms with Crippen molar-refractivity contribution in [3.63, 3.8) is 0 Å². The van der Waals surface area contributed by atoms with Crippen LogP contribution in [0.1, 0.15) is 19.4 Å². The van der Waals surface area contributed by atoms with Crippen LogP contribution in [0.3, 0.4) is 0 Å². The Bertz CT molecular complexity index is 463. The number of hydrogen-bond donors (Lipinski definition) is 2. The van der Waals surface area contributed by atoms with Crippen molar-refractivity contribution in [1.29, 1.82) is 0 Å². The molecule has 8 heteroatoms. The molecule has 0 aromatic carbocycles. The zero-order valence-corrected chi connectivity index (χ0v) is 12.5. The van der Waals surface area contributed by atoms with Crippen LogP contribution < -0.4 is 5.32 Å². The van der Waals surface area contributed by atoms with Crippen LogP contribution in [-0.2, 0) is 11.0 Å². The van der Waals surface area contributed by atoms with E-state index < -0.39 is 17.8 Å². The Balaban J connectivity index is 2.40. The minimum Gasteiger partial charge on any atom is -0.391 e. The van der Waals surface area contributed by atoms with Gasteiger partial charge in [-0.05, 0) is 18.1 Å². The summed E-state index contributed by atoms with van der Waals surface area (Å²) in [5, 5.41) is 12.4. The van der Waals surface area contributed by atoms with Gasteiger partial charge in [0.15, 0.2) is 0 Å². The van der Waals surface area contributed by atoms with E-state index >= 15 is 0 Å². The molecule has 1 aromatic rings. The van der Waals surface area contributed by atoms with Gasteiger partial charge in [0, 0.05) is 12.7 Å². The molecule has 1 aromatic heterocycles. The molecule has 0 radical (unpaired) electrons. The predicted octanol–water partition coefficient (Wildman–Crippen LogP) is 2.33. The van der Waals surface area contributed by atoms with E-state index in [1.54, 1.807) is 0 Å². The average Bonchev–Trinajstić information content (AvgIpc) is 2.41. The third kappa shape index (κ3) is 6.34. The number of rotatable bonds is 6. The number of hydrogen-bond acceptors (Lipinski definition) is 4. The predicted molar refractivity (Wildman–Crippen MR) is 73.8 cm³/mol. The zero-order valence-electron chi connectivity index (χ0n) is 11.6. The highest BCUT2D eigenvalue weighted by atomic mass is 32.2. The molecule has 0 fully saturated rings. The lowest BCUT2D eigenvalue weighted by Crippen LogP contribution is -2.35. The molecule has 0 saturated carbocycles. The van der Waals surface area contributed by atoms with Gasteiger partial charge >= 0.3 is 6.18 Å². The van der Waals surface area contributed by atoms with Crippen LogP contribution in [0.4, 0.5) is 13.2 Å². The summed E-state index contributed by atoms with van der Waals surface area (Å²) < 4.78 is 37.0. The van der Waals surface area contributed by atoms with Gasteiger partial charge < -0.3 is 10.4 Å². The first-order valence-electron chi connectivity index (χ1n) is 6.31. The summed E-state index contributed by atoms with van der Waals surface area (Å²) in [7, 11) is 0. The number of alkyl halides is 3. The molecule has 1 atom stereocenters. The summed E-state index contributed by atoms with van der Waals surface area (Å²) in [6, 6.07) is 2.15. The molecular formula is C13H17F3N2O2S. The molecule has 21 heavy (non-hydrogen) atoms. The number of pyridine rings is 1. The third-order valence-electron chi connectivity index (χ3n) is 2.69. The van der Waals surface area contributed by atoms with Crippen LogP contribution in [-0.4, -0.2) is 34.4 Å². The van der Waals surface area contributed by atoms with Gasteiger partial charge in [0.2, 0.25) is 5.91 Å². The van der Waals surface area contributed by atoms with Gasteiger partial charge in [-0.3, -0.25) is 4.79 Å². The lowest BCUT2D eigenvalue weighted by molar-refractivity contribution is -0.137. The molecule has 118 valence electrons. The Morgan fingerprint density at radius 3 is 2.57 bits per heavy atom. The van der Waals surface area contributed by atoms with Crippen LogP contribution in [0.15, 0.2) is 23.4 Å². The fourth-order valence-corrected chi connectivity index (χ4v) is 1.95. The number of thioether (sulfide) groups is 1. The molecule has 1 rings (SSSR count). The van der Waals surface area contributed by atoms with Gasteiger partial charge in [0.05, 0.1) is 22.4 Å². The lowest BCUT2D eigenvalue weighted by atomic mass is 10.1. The van der Waals surface area contributed by atoms with Gasteiger partial charge in [-0.2, -0.15) is 13.2 Å². The summed E-state index contributed by atoms with van der Waals surface area (Å²) in [5.74, 6) is -0.237. The van der Waals surface area contributed by atoms with Gasteiger partial charge in [-0.25, -0.2) is 4.98 Å². The molecule has 1 amide bonds. The van der Waals surface area contributed by atoms with Crippen LogP contribution in [0.5, 0.6) is 0 Å².